The van der Waals surface area contributed by atoms with Crippen molar-refractivity contribution in [3.63, 3.8) is 0 Å². The lowest BCUT2D eigenvalue weighted by molar-refractivity contribution is 0.0696. The molecule has 0 unspecified atom stereocenters. The van der Waals surface area contributed by atoms with Gasteiger partial charge in [-0.15, -0.1) is 0 Å². The van der Waals surface area contributed by atoms with Crippen LogP contribution in [0.4, 0.5) is 11.5 Å². The Morgan fingerprint density at radius 3 is 2.48 bits per heavy atom. The molecule has 0 saturated heterocycles. The van der Waals surface area contributed by atoms with E-state index >= 15 is 0 Å². The molecule has 0 saturated carbocycles. The van der Waals surface area contributed by atoms with Crippen LogP contribution in [0.15, 0.2) is 41.4 Å². The number of hydrogen-bond acceptors (Lipinski definition) is 5. The Kier molecular flexibility index (Phi) is 5.63. The van der Waals surface area contributed by atoms with Crippen molar-refractivity contribution in [2.75, 3.05) is 22.7 Å². The second-order valence-corrected chi connectivity index (χ2v) is 7.18. The largest absolute Gasteiger partial charge is 0.478 e. The molecule has 2 aromatic rings. The molecule has 1 heterocycles. The van der Waals surface area contributed by atoms with Crippen molar-refractivity contribution in [1.82, 2.24) is 4.98 Å². The Labute approximate surface area is 147 Å². The Balaban J connectivity index is 2.52. The summed E-state index contributed by atoms with van der Waals surface area (Å²) >= 11 is 0. The third-order valence-corrected chi connectivity index (χ3v) is 5.08. The number of benzene rings is 1. The van der Waals surface area contributed by atoms with E-state index in [-0.39, 0.29) is 16.1 Å². The average Bonchev–Trinajstić information content (AvgIpc) is 2.56. The second-order valence-electron chi connectivity index (χ2n) is 5.49. The van der Waals surface area contributed by atoms with Crippen molar-refractivity contribution < 1.29 is 18.3 Å². The molecule has 0 atom stereocenters. The van der Waals surface area contributed by atoms with Gasteiger partial charge in [-0.05, 0) is 44.5 Å². The zero-order valence-electron chi connectivity index (χ0n) is 14.4. The first-order valence-corrected chi connectivity index (χ1v) is 9.34. The lowest BCUT2D eigenvalue weighted by Crippen LogP contribution is -2.25. The molecule has 134 valence electrons. The molecule has 2 N–H and O–H groups in total. The highest BCUT2D eigenvalue weighted by atomic mass is 32.2. The lowest BCUT2D eigenvalue weighted by Gasteiger charge is -2.23. The summed E-state index contributed by atoms with van der Waals surface area (Å²) in [4.78, 5) is 17.3. The van der Waals surface area contributed by atoms with Crippen LogP contribution in [-0.2, 0) is 10.0 Å². The van der Waals surface area contributed by atoms with Crippen LogP contribution in [-0.4, -0.2) is 37.6 Å². The van der Waals surface area contributed by atoms with Gasteiger partial charge in [-0.1, -0.05) is 12.1 Å². The van der Waals surface area contributed by atoms with E-state index in [1.165, 1.54) is 18.3 Å². The number of aromatic carboxylic acids is 1. The van der Waals surface area contributed by atoms with Crippen molar-refractivity contribution in [2.24, 2.45) is 0 Å². The Hall–Kier alpha value is -2.61. The standard InChI is InChI=1S/C17H21N3O4S/c1-4-20(5-2)16-15(10-13(11-18-16)17(21)22)19-25(23,24)14-8-6-7-12(3)9-14/h6-11,19H,4-5H2,1-3H3,(H,21,22). The third-order valence-electron chi connectivity index (χ3n) is 3.72. The molecule has 7 nitrogen and oxygen atoms in total. The van der Waals surface area contributed by atoms with E-state index in [0.29, 0.717) is 18.9 Å². The van der Waals surface area contributed by atoms with Gasteiger partial charge in [0.1, 0.15) is 0 Å². The summed E-state index contributed by atoms with van der Waals surface area (Å²) in [6, 6.07) is 7.78. The van der Waals surface area contributed by atoms with Crippen molar-refractivity contribution >= 4 is 27.5 Å². The molecule has 8 heteroatoms. The maximum absolute atomic E-state index is 12.7. The lowest BCUT2D eigenvalue weighted by atomic mass is 10.2. The summed E-state index contributed by atoms with van der Waals surface area (Å²) in [6.45, 7) is 6.83. The van der Waals surface area contributed by atoms with Gasteiger partial charge >= 0.3 is 5.97 Å². The van der Waals surface area contributed by atoms with E-state index in [1.54, 1.807) is 25.1 Å². The summed E-state index contributed by atoms with van der Waals surface area (Å²) in [7, 11) is -3.86. The van der Waals surface area contributed by atoms with Crippen molar-refractivity contribution in [1.29, 1.82) is 0 Å². The molecule has 0 amide bonds. The average molecular weight is 363 g/mol. The number of rotatable bonds is 7. The zero-order valence-corrected chi connectivity index (χ0v) is 15.2. The Morgan fingerprint density at radius 2 is 1.92 bits per heavy atom. The molecular formula is C17H21N3O4S. The molecule has 2 rings (SSSR count). The molecule has 0 radical (unpaired) electrons. The number of carbonyl (C=O) groups is 1. The Morgan fingerprint density at radius 1 is 1.24 bits per heavy atom. The van der Waals surface area contributed by atoms with Crippen LogP contribution >= 0.6 is 0 Å². The summed E-state index contributed by atoms with van der Waals surface area (Å²) < 4.78 is 27.8. The summed E-state index contributed by atoms with van der Waals surface area (Å²) in [6.07, 6.45) is 1.22. The van der Waals surface area contributed by atoms with Crippen molar-refractivity contribution in [3.05, 3.63) is 47.7 Å². The molecule has 1 aromatic heterocycles. The summed E-state index contributed by atoms with van der Waals surface area (Å²) in [5, 5.41) is 9.17. The number of nitrogens with zero attached hydrogens (tertiary/aromatic N) is 2. The normalized spacial score (nSPS) is 11.2. The second kappa shape index (κ2) is 7.52. The number of aromatic nitrogens is 1. The number of nitrogens with one attached hydrogen (secondary N) is 1. The number of hydrogen-bond donors (Lipinski definition) is 2. The minimum Gasteiger partial charge on any atom is -0.478 e. The van der Waals surface area contributed by atoms with E-state index < -0.39 is 16.0 Å². The third kappa shape index (κ3) is 4.27. The maximum Gasteiger partial charge on any atom is 0.337 e. The van der Waals surface area contributed by atoms with Crippen LogP contribution in [0, 0.1) is 6.92 Å². The molecule has 0 aliphatic carbocycles. The zero-order chi connectivity index (χ0) is 18.6. The topological polar surface area (TPSA) is 99.6 Å². The number of pyridine rings is 1. The first-order chi connectivity index (χ1) is 11.8. The summed E-state index contributed by atoms with van der Waals surface area (Å²) in [5.74, 6) is -0.777. The SMILES string of the molecule is CCN(CC)c1ncc(C(=O)O)cc1NS(=O)(=O)c1cccc(C)c1. The van der Waals surface area contributed by atoms with Crippen LogP contribution in [0.2, 0.25) is 0 Å². The fourth-order valence-corrected chi connectivity index (χ4v) is 3.57. The van der Waals surface area contributed by atoms with E-state index in [4.69, 9.17) is 0 Å². The molecular weight excluding hydrogens is 342 g/mol. The van der Waals surface area contributed by atoms with Crippen LogP contribution < -0.4 is 9.62 Å². The molecule has 0 fully saturated rings. The summed E-state index contributed by atoms with van der Waals surface area (Å²) in [5.41, 5.74) is 0.868. The highest BCUT2D eigenvalue weighted by Gasteiger charge is 2.20. The maximum atomic E-state index is 12.7. The number of sulfonamides is 1. The van der Waals surface area contributed by atoms with Crippen LogP contribution in [0.3, 0.4) is 0 Å². The van der Waals surface area contributed by atoms with Crippen LogP contribution in [0.25, 0.3) is 0 Å². The van der Waals surface area contributed by atoms with Gasteiger partial charge in [0.15, 0.2) is 5.82 Å². The number of aryl methyl sites for hydroxylation is 1. The Bertz CT molecular complexity index is 877. The highest BCUT2D eigenvalue weighted by molar-refractivity contribution is 7.92. The minimum atomic E-state index is -3.86. The monoisotopic (exact) mass is 363 g/mol. The number of carboxylic acid groups (broad SMARTS) is 1. The van der Waals surface area contributed by atoms with Gasteiger partial charge < -0.3 is 10.0 Å². The van der Waals surface area contributed by atoms with E-state index in [0.717, 1.165) is 5.56 Å². The van der Waals surface area contributed by atoms with E-state index in [1.807, 2.05) is 18.7 Å². The van der Waals surface area contributed by atoms with Crippen molar-refractivity contribution in [3.8, 4) is 0 Å². The van der Waals surface area contributed by atoms with Crippen LogP contribution in [0.1, 0.15) is 29.8 Å². The van der Waals surface area contributed by atoms with Gasteiger partial charge in [0, 0.05) is 19.3 Å². The molecule has 25 heavy (non-hydrogen) atoms. The molecule has 0 aliphatic heterocycles. The van der Waals surface area contributed by atoms with Gasteiger partial charge in [0.25, 0.3) is 10.0 Å². The fraction of sp³-hybridized carbons (Fsp3) is 0.294. The first-order valence-electron chi connectivity index (χ1n) is 7.86. The van der Waals surface area contributed by atoms with Gasteiger partial charge in [0.05, 0.1) is 16.1 Å². The van der Waals surface area contributed by atoms with E-state index in [2.05, 4.69) is 9.71 Å². The van der Waals surface area contributed by atoms with Gasteiger partial charge in [-0.2, -0.15) is 0 Å². The van der Waals surface area contributed by atoms with Gasteiger partial charge in [-0.25, -0.2) is 18.2 Å². The molecule has 0 aliphatic rings. The van der Waals surface area contributed by atoms with Crippen LogP contribution in [0.5, 0.6) is 0 Å². The molecule has 0 spiro atoms. The van der Waals surface area contributed by atoms with E-state index in [9.17, 15) is 18.3 Å². The number of carboxylic acids is 1. The molecule has 1 aromatic carbocycles. The smallest absolute Gasteiger partial charge is 0.337 e. The highest BCUT2D eigenvalue weighted by Crippen LogP contribution is 2.27. The van der Waals surface area contributed by atoms with Crippen molar-refractivity contribution in [2.45, 2.75) is 25.7 Å². The molecule has 0 bridgehead atoms. The minimum absolute atomic E-state index is 0.0853. The fourth-order valence-electron chi connectivity index (χ4n) is 2.41. The van der Waals surface area contributed by atoms with Gasteiger partial charge in [0.2, 0.25) is 0 Å². The quantitative estimate of drug-likeness (QED) is 0.785. The number of anilines is 2. The predicted molar refractivity (Wildman–Crippen MR) is 96.7 cm³/mol. The first kappa shape index (κ1) is 18.7. The predicted octanol–water partition coefficient (Wildman–Crippen LogP) is 2.74. The van der Waals surface area contributed by atoms with Gasteiger partial charge in [-0.3, -0.25) is 4.72 Å².